The highest BCUT2D eigenvalue weighted by Crippen LogP contribution is 1.90. The van der Waals surface area contributed by atoms with E-state index in [2.05, 4.69) is 0 Å². The Morgan fingerprint density at radius 3 is 2.60 bits per heavy atom. The number of aliphatic hydroxyl groups is 1. The number of carboxylic acid groups (broad SMARTS) is 1. The highest BCUT2D eigenvalue weighted by atomic mass is 16.4. The second-order valence-electron chi connectivity index (χ2n) is 1.94. The van der Waals surface area contributed by atoms with Gasteiger partial charge in [-0.2, -0.15) is 0 Å². The Morgan fingerprint density at radius 2 is 2.10 bits per heavy atom. The van der Waals surface area contributed by atoms with Crippen LogP contribution < -0.4 is 0 Å². The number of rotatable bonds is 5. The molecule has 0 heterocycles. The normalized spacial score (nSPS) is 10.5. The van der Waals surface area contributed by atoms with Crippen LogP contribution in [0.15, 0.2) is 12.2 Å². The molecule has 0 aliphatic heterocycles. The second kappa shape index (κ2) is 6.29. The molecule has 0 aromatic carbocycles. The van der Waals surface area contributed by atoms with E-state index in [0.717, 1.165) is 6.42 Å². The molecule has 0 bridgehead atoms. The number of aliphatic hydroxyl groups excluding tert-OH is 1. The van der Waals surface area contributed by atoms with Crippen molar-refractivity contribution in [3.8, 4) is 0 Å². The van der Waals surface area contributed by atoms with Crippen LogP contribution in [0.1, 0.15) is 19.3 Å². The predicted molar refractivity (Wildman–Crippen MR) is 37.7 cm³/mol. The van der Waals surface area contributed by atoms with Crippen LogP contribution in [0.25, 0.3) is 0 Å². The van der Waals surface area contributed by atoms with Gasteiger partial charge in [-0.25, -0.2) is 0 Å². The third-order valence-electron chi connectivity index (χ3n) is 0.988. The maximum absolute atomic E-state index is 9.93. The van der Waals surface area contributed by atoms with Crippen LogP contribution in [0, 0.1) is 0 Å². The molecule has 0 aliphatic rings. The number of carbonyl (C=O) groups is 1. The summed E-state index contributed by atoms with van der Waals surface area (Å²) in [6.07, 6.45) is 4.90. The molecule has 10 heavy (non-hydrogen) atoms. The molecule has 2 N–H and O–H groups in total. The Kier molecular flexibility index (Phi) is 5.77. The predicted octanol–water partition coefficient (Wildman–Crippen LogP) is 0.790. The van der Waals surface area contributed by atoms with E-state index in [4.69, 9.17) is 10.2 Å². The standard InChI is InChI=1S/C7H12O3/c8-6-4-2-1-3-5-7(9)10/h1,3,8H,2,4-6H2,(H,9,10). The molecule has 0 rings (SSSR count). The molecule has 3 heteroatoms. The molecule has 0 saturated carbocycles. The molecule has 0 aromatic rings. The van der Waals surface area contributed by atoms with E-state index in [1.54, 1.807) is 12.2 Å². The quantitative estimate of drug-likeness (QED) is 0.443. The molecule has 0 saturated heterocycles. The van der Waals surface area contributed by atoms with Crippen molar-refractivity contribution in [1.29, 1.82) is 0 Å². The zero-order valence-corrected chi connectivity index (χ0v) is 5.79. The SMILES string of the molecule is O=C(O)CC=CCCCO. The molecule has 0 amide bonds. The van der Waals surface area contributed by atoms with E-state index in [-0.39, 0.29) is 13.0 Å². The number of aliphatic carboxylic acids is 1. The van der Waals surface area contributed by atoms with Gasteiger partial charge in [0.1, 0.15) is 0 Å². The largest absolute Gasteiger partial charge is 0.481 e. The first kappa shape index (κ1) is 9.17. The van der Waals surface area contributed by atoms with Crippen LogP contribution in [0.4, 0.5) is 0 Å². The molecule has 0 radical (unpaired) electrons. The monoisotopic (exact) mass is 144 g/mol. The summed E-state index contributed by atoms with van der Waals surface area (Å²) in [4.78, 5) is 9.93. The first-order valence-electron chi connectivity index (χ1n) is 3.25. The summed E-state index contributed by atoms with van der Waals surface area (Å²) < 4.78 is 0. The molecular weight excluding hydrogens is 132 g/mol. The van der Waals surface area contributed by atoms with Crippen LogP contribution in [-0.4, -0.2) is 22.8 Å². The topological polar surface area (TPSA) is 57.5 Å². The third-order valence-corrected chi connectivity index (χ3v) is 0.988. The third kappa shape index (κ3) is 7.17. The number of allylic oxidation sites excluding steroid dienone is 1. The Morgan fingerprint density at radius 1 is 1.40 bits per heavy atom. The minimum atomic E-state index is -0.819. The van der Waals surface area contributed by atoms with Crippen LogP contribution in [0.5, 0.6) is 0 Å². The van der Waals surface area contributed by atoms with Gasteiger partial charge in [-0.1, -0.05) is 12.2 Å². The number of hydrogen-bond donors (Lipinski definition) is 2. The number of unbranched alkanes of at least 4 members (excludes halogenated alkanes) is 1. The van der Waals surface area contributed by atoms with E-state index < -0.39 is 5.97 Å². The van der Waals surface area contributed by atoms with Crippen LogP contribution in [0.2, 0.25) is 0 Å². The summed E-state index contributed by atoms with van der Waals surface area (Å²) in [7, 11) is 0. The molecule has 0 atom stereocenters. The first-order chi connectivity index (χ1) is 4.77. The Bertz CT molecular complexity index is 118. The van der Waals surface area contributed by atoms with Crippen molar-refractivity contribution < 1.29 is 15.0 Å². The molecule has 0 unspecified atom stereocenters. The smallest absolute Gasteiger partial charge is 0.307 e. The maximum Gasteiger partial charge on any atom is 0.307 e. The van der Waals surface area contributed by atoms with E-state index in [1.165, 1.54) is 0 Å². The van der Waals surface area contributed by atoms with Gasteiger partial charge in [-0.3, -0.25) is 4.79 Å². The Balaban J connectivity index is 3.12. The van der Waals surface area contributed by atoms with Crippen molar-refractivity contribution >= 4 is 5.97 Å². The minimum Gasteiger partial charge on any atom is -0.481 e. The lowest BCUT2D eigenvalue weighted by atomic mass is 10.3. The molecule has 0 fully saturated rings. The van der Waals surface area contributed by atoms with Crippen molar-refractivity contribution in [2.45, 2.75) is 19.3 Å². The van der Waals surface area contributed by atoms with Gasteiger partial charge < -0.3 is 10.2 Å². The van der Waals surface area contributed by atoms with E-state index >= 15 is 0 Å². The van der Waals surface area contributed by atoms with Crippen LogP contribution in [0.3, 0.4) is 0 Å². The van der Waals surface area contributed by atoms with Gasteiger partial charge in [0.2, 0.25) is 0 Å². The molecule has 0 aliphatic carbocycles. The lowest BCUT2D eigenvalue weighted by molar-refractivity contribution is -0.136. The summed E-state index contributed by atoms with van der Waals surface area (Å²) in [5.74, 6) is -0.819. The van der Waals surface area contributed by atoms with Crippen LogP contribution in [-0.2, 0) is 4.79 Å². The van der Waals surface area contributed by atoms with Gasteiger partial charge in [0.05, 0.1) is 6.42 Å². The van der Waals surface area contributed by atoms with Gasteiger partial charge in [-0.05, 0) is 12.8 Å². The summed E-state index contributed by atoms with van der Waals surface area (Å²) in [5.41, 5.74) is 0. The van der Waals surface area contributed by atoms with Gasteiger partial charge in [-0.15, -0.1) is 0 Å². The minimum absolute atomic E-state index is 0.0748. The molecule has 3 nitrogen and oxygen atoms in total. The summed E-state index contributed by atoms with van der Waals surface area (Å²) in [6.45, 7) is 0.164. The van der Waals surface area contributed by atoms with Gasteiger partial charge in [0, 0.05) is 6.61 Å². The molecule has 0 spiro atoms. The second-order valence-corrected chi connectivity index (χ2v) is 1.94. The van der Waals surface area contributed by atoms with Gasteiger partial charge in [0.15, 0.2) is 0 Å². The van der Waals surface area contributed by atoms with Crippen molar-refractivity contribution in [1.82, 2.24) is 0 Å². The van der Waals surface area contributed by atoms with Crippen molar-refractivity contribution in [3.05, 3.63) is 12.2 Å². The lowest BCUT2D eigenvalue weighted by Gasteiger charge is -1.86. The number of hydrogen-bond acceptors (Lipinski definition) is 2. The lowest BCUT2D eigenvalue weighted by Crippen LogP contribution is -1.89. The summed E-state index contributed by atoms with van der Waals surface area (Å²) in [5, 5.41) is 16.5. The van der Waals surface area contributed by atoms with Crippen molar-refractivity contribution in [2.24, 2.45) is 0 Å². The summed E-state index contributed by atoms with van der Waals surface area (Å²) >= 11 is 0. The van der Waals surface area contributed by atoms with Gasteiger partial charge >= 0.3 is 5.97 Å². The molecular formula is C7H12O3. The maximum atomic E-state index is 9.93. The van der Waals surface area contributed by atoms with E-state index in [9.17, 15) is 4.79 Å². The van der Waals surface area contributed by atoms with E-state index in [1.807, 2.05) is 0 Å². The van der Waals surface area contributed by atoms with Crippen molar-refractivity contribution in [3.63, 3.8) is 0 Å². The fourth-order valence-corrected chi connectivity index (χ4v) is 0.511. The first-order valence-corrected chi connectivity index (χ1v) is 3.25. The summed E-state index contributed by atoms with van der Waals surface area (Å²) in [6, 6.07) is 0. The molecule has 58 valence electrons. The van der Waals surface area contributed by atoms with E-state index in [0.29, 0.717) is 6.42 Å². The number of carboxylic acids is 1. The highest BCUT2D eigenvalue weighted by molar-refractivity contribution is 5.68. The van der Waals surface area contributed by atoms with Crippen LogP contribution >= 0.6 is 0 Å². The zero-order valence-electron chi connectivity index (χ0n) is 5.79. The fourth-order valence-electron chi connectivity index (χ4n) is 0.511. The Hall–Kier alpha value is -0.830. The van der Waals surface area contributed by atoms with Crippen molar-refractivity contribution in [2.75, 3.05) is 6.61 Å². The average molecular weight is 144 g/mol. The average Bonchev–Trinajstić information content (AvgIpc) is 1.87. The fraction of sp³-hybridized carbons (Fsp3) is 0.571. The highest BCUT2D eigenvalue weighted by Gasteiger charge is 1.87. The Labute approximate surface area is 60.0 Å². The molecule has 0 aromatic heterocycles. The van der Waals surface area contributed by atoms with Gasteiger partial charge in [0.25, 0.3) is 0 Å². The zero-order chi connectivity index (χ0) is 7.82.